The number of nitrogens with one attached hydrogen (secondary N) is 1. The molecule has 1 aliphatic heterocycles. The van der Waals surface area contributed by atoms with Crippen molar-refractivity contribution < 1.29 is 21.6 Å². The van der Waals surface area contributed by atoms with Gasteiger partial charge in [-0.15, -0.1) is 0 Å². The van der Waals surface area contributed by atoms with E-state index in [0.29, 0.717) is 13.2 Å². The molecule has 1 aliphatic rings. The number of hydrogen-bond donors (Lipinski definition) is 1. The van der Waals surface area contributed by atoms with Crippen LogP contribution in [0.3, 0.4) is 0 Å². The van der Waals surface area contributed by atoms with Gasteiger partial charge in [0.05, 0.1) is 28.2 Å². The molecule has 0 aliphatic carbocycles. The summed E-state index contributed by atoms with van der Waals surface area (Å²) >= 11 is 11.8. The Bertz CT molecular complexity index is 1030. The van der Waals surface area contributed by atoms with Crippen LogP contribution in [-0.4, -0.2) is 47.4 Å². The van der Waals surface area contributed by atoms with Crippen LogP contribution in [0.5, 0.6) is 0 Å². The molecule has 2 aromatic rings. The Kier molecular flexibility index (Phi) is 5.99. The predicted octanol–water partition coefficient (Wildman–Crippen LogP) is 2.82. The van der Waals surface area contributed by atoms with Crippen molar-refractivity contribution in [3.63, 3.8) is 0 Å². The third-order valence-corrected chi connectivity index (χ3v) is 8.19. The lowest BCUT2D eigenvalue weighted by Crippen LogP contribution is -2.40. The van der Waals surface area contributed by atoms with Crippen molar-refractivity contribution in [2.75, 3.05) is 31.0 Å². The van der Waals surface area contributed by atoms with Crippen LogP contribution in [0.2, 0.25) is 10.0 Å². The summed E-state index contributed by atoms with van der Waals surface area (Å²) in [6, 6.07) is 9.74. The van der Waals surface area contributed by atoms with E-state index in [0.717, 1.165) is 0 Å². The van der Waals surface area contributed by atoms with Crippen LogP contribution >= 0.6 is 23.2 Å². The smallest absolute Gasteiger partial charge is 0.263 e. The van der Waals surface area contributed by atoms with Crippen LogP contribution in [0.25, 0.3) is 0 Å². The molecule has 0 amide bonds. The van der Waals surface area contributed by atoms with Crippen LogP contribution < -0.4 is 4.72 Å². The largest absolute Gasteiger partial charge is 0.379 e. The van der Waals surface area contributed by atoms with Crippen LogP contribution in [0.1, 0.15) is 0 Å². The Morgan fingerprint density at radius 2 is 1.56 bits per heavy atom. The Hall–Kier alpha value is -1.36. The molecule has 146 valence electrons. The van der Waals surface area contributed by atoms with E-state index in [1.54, 1.807) is 0 Å². The third-order valence-electron chi connectivity index (χ3n) is 3.92. The zero-order chi connectivity index (χ0) is 19.7. The van der Waals surface area contributed by atoms with E-state index in [1.807, 2.05) is 0 Å². The molecule has 27 heavy (non-hydrogen) atoms. The maximum absolute atomic E-state index is 12.6. The van der Waals surface area contributed by atoms with Gasteiger partial charge in [-0.25, -0.2) is 16.8 Å². The maximum Gasteiger partial charge on any atom is 0.263 e. The van der Waals surface area contributed by atoms with E-state index < -0.39 is 20.0 Å². The molecule has 0 bridgehead atoms. The number of halogens is 2. The minimum atomic E-state index is -3.98. The molecule has 7 nitrogen and oxygen atoms in total. The van der Waals surface area contributed by atoms with E-state index in [4.69, 9.17) is 27.9 Å². The highest BCUT2D eigenvalue weighted by atomic mass is 35.5. The number of ether oxygens (including phenoxy) is 1. The van der Waals surface area contributed by atoms with Gasteiger partial charge >= 0.3 is 0 Å². The highest BCUT2D eigenvalue weighted by Crippen LogP contribution is 2.30. The number of hydrogen-bond acceptors (Lipinski definition) is 5. The van der Waals surface area contributed by atoms with Gasteiger partial charge in [0, 0.05) is 18.8 Å². The first-order chi connectivity index (χ1) is 12.7. The lowest BCUT2D eigenvalue weighted by Gasteiger charge is -2.26. The number of sulfonamides is 2. The maximum atomic E-state index is 12.6. The van der Waals surface area contributed by atoms with Crippen molar-refractivity contribution in [3.8, 4) is 0 Å². The van der Waals surface area contributed by atoms with Gasteiger partial charge < -0.3 is 4.74 Å². The topological polar surface area (TPSA) is 92.8 Å². The zero-order valence-electron chi connectivity index (χ0n) is 13.9. The molecular formula is C16H16Cl2N2O5S2. The van der Waals surface area contributed by atoms with Gasteiger partial charge in [0.1, 0.15) is 4.90 Å². The van der Waals surface area contributed by atoms with Gasteiger partial charge in [0.25, 0.3) is 10.0 Å². The fourth-order valence-electron chi connectivity index (χ4n) is 2.53. The van der Waals surface area contributed by atoms with E-state index in [2.05, 4.69) is 4.72 Å². The first-order valence-corrected chi connectivity index (χ1v) is 11.5. The predicted molar refractivity (Wildman–Crippen MR) is 103 cm³/mol. The molecule has 0 aromatic heterocycles. The number of nitrogens with zero attached hydrogens (tertiary/aromatic N) is 1. The highest BCUT2D eigenvalue weighted by molar-refractivity contribution is 7.92. The summed E-state index contributed by atoms with van der Waals surface area (Å²) in [6.07, 6.45) is 0. The van der Waals surface area contributed by atoms with Crippen LogP contribution in [0, 0.1) is 0 Å². The summed E-state index contributed by atoms with van der Waals surface area (Å²) in [5, 5.41) is 0.0321. The van der Waals surface area contributed by atoms with Crippen molar-refractivity contribution in [2.45, 2.75) is 9.79 Å². The molecule has 1 heterocycles. The average molecular weight is 451 g/mol. The van der Waals surface area contributed by atoms with Crippen molar-refractivity contribution in [1.29, 1.82) is 0 Å². The normalized spacial score (nSPS) is 16.2. The number of benzene rings is 2. The van der Waals surface area contributed by atoms with E-state index in [-0.39, 0.29) is 38.6 Å². The molecule has 0 saturated carbocycles. The summed E-state index contributed by atoms with van der Waals surface area (Å²) in [4.78, 5) is -0.0881. The molecule has 0 radical (unpaired) electrons. The third kappa shape index (κ3) is 4.39. The molecule has 11 heteroatoms. The van der Waals surface area contributed by atoms with Gasteiger partial charge in [-0.05, 0) is 36.4 Å². The molecule has 0 unspecified atom stereocenters. The average Bonchev–Trinajstić information content (AvgIpc) is 2.64. The van der Waals surface area contributed by atoms with Crippen LogP contribution in [0.4, 0.5) is 5.69 Å². The van der Waals surface area contributed by atoms with Gasteiger partial charge in [-0.3, -0.25) is 4.72 Å². The molecule has 1 fully saturated rings. The molecule has 1 saturated heterocycles. The minimum absolute atomic E-state index is 0.0770. The molecule has 3 rings (SSSR count). The van der Waals surface area contributed by atoms with Gasteiger partial charge in [-0.1, -0.05) is 29.3 Å². The summed E-state index contributed by atoms with van der Waals surface area (Å²) < 4.78 is 59.1. The van der Waals surface area contributed by atoms with Crippen molar-refractivity contribution >= 4 is 48.9 Å². The van der Waals surface area contributed by atoms with Crippen LogP contribution in [0.15, 0.2) is 52.3 Å². The summed E-state index contributed by atoms with van der Waals surface area (Å²) in [5.41, 5.74) is 0.201. The molecular weight excluding hydrogens is 435 g/mol. The second-order valence-electron chi connectivity index (χ2n) is 5.70. The number of morpholine rings is 1. The standard InChI is InChI=1S/C16H16Cl2N2O5S2/c17-14-2-1-3-15(16(14)18)26(21,22)19-12-4-6-13(7-5-12)27(23,24)20-8-10-25-11-9-20/h1-7,19H,8-11H2. The van der Waals surface area contributed by atoms with E-state index in [9.17, 15) is 16.8 Å². The second-order valence-corrected chi connectivity index (χ2v) is 10.1. The summed E-state index contributed by atoms with van der Waals surface area (Å²) in [6.45, 7) is 1.25. The summed E-state index contributed by atoms with van der Waals surface area (Å²) in [5.74, 6) is 0. The first-order valence-electron chi connectivity index (χ1n) is 7.86. The fourth-order valence-corrected chi connectivity index (χ4v) is 5.76. The van der Waals surface area contributed by atoms with E-state index >= 15 is 0 Å². The lowest BCUT2D eigenvalue weighted by molar-refractivity contribution is 0.0730. The van der Waals surface area contributed by atoms with Crippen LogP contribution in [-0.2, 0) is 24.8 Å². The Balaban J connectivity index is 1.82. The van der Waals surface area contributed by atoms with Crippen molar-refractivity contribution in [1.82, 2.24) is 4.31 Å². The SMILES string of the molecule is O=S(=O)(Nc1ccc(S(=O)(=O)N2CCOCC2)cc1)c1cccc(Cl)c1Cl. The highest BCUT2D eigenvalue weighted by Gasteiger charge is 2.26. The minimum Gasteiger partial charge on any atom is -0.379 e. The quantitative estimate of drug-likeness (QED) is 0.755. The van der Waals surface area contributed by atoms with Gasteiger partial charge in [0.2, 0.25) is 10.0 Å². The molecule has 2 aromatic carbocycles. The Morgan fingerprint density at radius 3 is 2.19 bits per heavy atom. The monoisotopic (exact) mass is 450 g/mol. The fraction of sp³-hybridized carbons (Fsp3) is 0.250. The Labute approximate surface area is 167 Å². The molecule has 1 N–H and O–H groups in total. The molecule has 0 spiro atoms. The summed E-state index contributed by atoms with van der Waals surface area (Å²) in [7, 11) is -7.63. The first kappa shape index (κ1) is 20.4. The van der Waals surface area contributed by atoms with Gasteiger partial charge in [-0.2, -0.15) is 4.31 Å². The van der Waals surface area contributed by atoms with Crippen molar-refractivity contribution in [3.05, 3.63) is 52.5 Å². The van der Waals surface area contributed by atoms with Crippen molar-refractivity contribution in [2.24, 2.45) is 0 Å². The van der Waals surface area contributed by atoms with E-state index in [1.165, 1.54) is 46.8 Å². The number of anilines is 1. The zero-order valence-corrected chi connectivity index (χ0v) is 17.1. The Morgan fingerprint density at radius 1 is 0.926 bits per heavy atom. The van der Waals surface area contributed by atoms with Gasteiger partial charge in [0.15, 0.2) is 0 Å². The lowest BCUT2D eigenvalue weighted by atomic mass is 10.3. The second kappa shape index (κ2) is 7.94. The number of rotatable bonds is 5. The molecule has 0 atom stereocenters.